The van der Waals surface area contributed by atoms with Crippen molar-refractivity contribution in [2.24, 2.45) is 24.8 Å². The second kappa shape index (κ2) is 9.39. The first-order valence-electron chi connectivity index (χ1n) is 13.8. The number of rotatable bonds is 7. The van der Waals surface area contributed by atoms with E-state index in [1.54, 1.807) is 35.9 Å². The molecule has 1 aliphatic heterocycles. The Balaban J connectivity index is 1.29. The number of carbonyl (C=O) groups is 2. The Morgan fingerprint density at radius 1 is 1.15 bits per heavy atom. The topological polar surface area (TPSA) is 108 Å². The zero-order valence-electron chi connectivity index (χ0n) is 22.8. The number of para-hydroxylation sites is 1. The van der Waals surface area contributed by atoms with E-state index in [0.717, 1.165) is 24.0 Å². The summed E-state index contributed by atoms with van der Waals surface area (Å²) in [6.07, 6.45) is 3.42. The van der Waals surface area contributed by atoms with E-state index in [9.17, 15) is 19.5 Å². The highest BCUT2D eigenvalue weighted by Crippen LogP contribution is 2.53. The van der Waals surface area contributed by atoms with Gasteiger partial charge in [-0.05, 0) is 68.7 Å². The normalized spacial score (nSPS) is 22.8. The number of carboxylic acids is 1. The van der Waals surface area contributed by atoms with Gasteiger partial charge in [-0.25, -0.2) is 9.78 Å². The van der Waals surface area contributed by atoms with Crippen LogP contribution in [0.2, 0.25) is 0 Å². The first kappa shape index (κ1) is 25.4. The third-order valence-electron chi connectivity index (χ3n) is 9.06. The number of aromatic carboxylic acids is 1. The number of nitrogens with zero attached hydrogens (tertiary/aromatic N) is 4. The Labute approximate surface area is 227 Å². The van der Waals surface area contributed by atoms with Crippen LogP contribution in [0, 0.1) is 24.7 Å². The number of anilines is 2. The number of nitrogens with one attached hydrogen (secondary N) is 1. The lowest BCUT2D eigenvalue weighted by molar-refractivity contribution is -0.135. The van der Waals surface area contributed by atoms with Crippen LogP contribution in [0.25, 0.3) is 10.9 Å². The van der Waals surface area contributed by atoms with Gasteiger partial charge in [0.1, 0.15) is 0 Å². The molecular weight excluding hydrogens is 494 g/mol. The van der Waals surface area contributed by atoms with Gasteiger partial charge in [0, 0.05) is 50.4 Å². The summed E-state index contributed by atoms with van der Waals surface area (Å²) >= 11 is 0. The van der Waals surface area contributed by atoms with E-state index >= 15 is 0 Å². The van der Waals surface area contributed by atoms with Crippen molar-refractivity contribution in [3.8, 4) is 0 Å². The lowest BCUT2D eigenvalue weighted by Crippen LogP contribution is -2.43. The Morgan fingerprint density at radius 2 is 1.85 bits per heavy atom. The van der Waals surface area contributed by atoms with E-state index in [2.05, 4.69) is 10.2 Å². The highest BCUT2D eigenvalue weighted by atomic mass is 16.4. The summed E-state index contributed by atoms with van der Waals surface area (Å²) in [4.78, 5) is 47.5. The number of carbonyl (C=O) groups excluding carboxylic acids is 1. The largest absolute Gasteiger partial charge is 0.478 e. The van der Waals surface area contributed by atoms with Crippen LogP contribution < -0.4 is 15.8 Å². The van der Waals surface area contributed by atoms with Crippen molar-refractivity contribution in [1.29, 1.82) is 0 Å². The highest BCUT2D eigenvalue weighted by Gasteiger charge is 2.61. The maximum absolute atomic E-state index is 13.5. The summed E-state index contributed by atoms with van der Waals surface area (Å²) in [7, 11) is 3.70. The predicted octanol–water partition coefficient (Wildman–Crippen LogP) is 3.81. The van der Waals surface area contributed by atoms with Crippen LogP contribution in [0.5, 0.6) is 0 Å². The molecule has 204 valence electrons. The number of carboxylic acid groups (broad SMARTS) is 1. The van der Waals surface area contributed by atoms with Crippen LogP contribution >= 0.6 is 0 Å². The smallest absolute Gasteiger partial charge is 0.337 e. The molecule has 1 aromatic heterocycles. The summed E-state index contributed by atoms with van der Waals surface area (Å²) in [5.74, 6) is 0.574. The number of benzene rings is 2. The summed E-state index contributed by atoms with van der Waals surface area (Å²) in [5.41, 5.74) is 2.97. The summed E-state index contributed by atoms with van der Waals surface area (Å²) < 4.78 is 1.62. The van der Waals surface area contributed by atoms with E-state index in [0.29, 0.717) is 53.5 Å². The van der Waals surface area contributed by atoms with Crippen molar-refractivity contribution in [2.75, 3.05) is 30.4 Å². The van der Waals surface area contributed by atoms with Gasteiger partial charge in [-0.1, -0.05) is 18.2 Å². The first-order chi connectivity index (χ1) is 18.7. The molecule has 2 N–H and O–H groups in total. The number of hydrogen-bond acceptors (Lipinski definition) is 6. The first-order valence-corrected chi connectivity index (χ1v) is 13.8. The molecule has 2 aliphatic carbocycles. The Bertz CT molecular complexity index is 1530. The molecule has 3 aromatic rings. The minimum absolute atomic E-state index is 0.0843. The molecule has 9 heteroatoms. The summed E-state index contributed by atoms with van der Waals surface area (Å²) in [6, 6.07) is 10.8. The van der Waals surface area contributed by atoms with E-state index in [-0.39, 0.29) is 29.0 Å². The standard InChI is InChI=1S/C30H35N5O4/c1-16-12-20(17(2)31-24-11-6-5-10-19(24)29(38)39)26-21(13-16)27(36)34(4)30(32-26)35-14-22-23(15-35)25(22)28(37)33(3)18-8-7-9-18/h5-6,10-13,17-18,22-23,25,31H,7-9,14-15H2,1-4H3,(H,38,39)/t17?,22-,23+,25?. The number of hydrogen-bond donors (Lipinski definition) is 2. The third kappa shape index (κ3) is 4.24. The number of aromatic nitrogens is 2. The zero-order chi connectivity index (χ0) is 27.6. The molecule has 1 saturated heterocycles. The summed E-state index contributed by atoms with van der Waals surface area (Å²) in [5, 5.41) is 13.5. The molecule has 2 heterocycles. The molecule has 6 rings (SSSR count). The monoisotopic (exact) mass is 529 g/mol. The van der Waals surface area contributed by atoms with Crippen LogP contribution in [-0.4, -0.2) is 57.6 Å². The molecule has 3 fully saturated rings. The van der Waals surface area contributed by atoms with Gasteiger partial charge < -0.3 is 20.2 Å². The highest BCUT2D eigenvalue weighted by molar-refractivity contribution is 5.94. The van der Waals surface area contributed by atoms with Gasteiger partial charge in [-0.3, -0.25) is 14.2 Å². The number of piperidine rings is 1. The molecule has 2 saturated carbocycles. The Kier molecular flexibility index (Phi) is 6.12. The van der Waals surface area contributed by atoms with Crippen LogP contribution in [0.4, 0.5) is 11.6 Å². The fourth-order valence-corrected chi connectivity index (χ4v) is 6.51. The molecule has 9 nitrogen and oxygen atoms in total. The molecule has 1 amide bonds. The minimum Gasteiger partial charge on any atom is -0.478 e. The van der Waals surface area contributed by atoms with Crippen LogP contribution in [0.15, 0.2) is 41.2 Å². The van der Waals surface area contributed by atoms with Gasteiger partial charge in [0.2, 0.25) is 11.9 Å². The van der Waals surface area contributed by atoms with Crippen molar-refractivity contribution >= 4 is 34.4 Å². The number of fused-ring (bicyclic) bond motifs is 2. The van der Waals surface area contributed by atoms with Gasteiger partial charge in [-0.15, -0.1) is 0 Å². The summed E-state index contributed by atoms with van der Waals surface area (Å²) in [6.45, 7) is 5.32. The van der Waals surface area contributed by atoms with Gasteiger partial charge in [0.05, 0.1) is 22.5 Å². The van der Waals surface area contributed by atoms with Crippen LogP contribution in [-0.2, 0) is 11.8 Å². The molecule has 0 spiro atoms. The average Bonchev–Trinajstić information content (AvgIpc) is 3.37. The molecule has 2 aromatic carbocycles. The van der Waals surface area contributed by atoms with Crippen LogP contribution in [0.1, 0.15) is 53.7 Å². The fraction of sp³-hybridized carbons (Fsp3) is 0.467. The SMILES string of the molecule is Cc1cc(C(C)Nc2ccccc2C(=O)O)c2nc(N3C[C@@H]4C(C(=O)N(C)C5CCC5)[C@@H]4C3)n(C)c(=O)c2c1. The molecule has 39 heavy (non-hydrogen) atoms. The van der Waals surface area contributed by atoms with E-state index in [1.165, 1.54) is 6.42 Å². The molecule has 4 atom stereocenters. The van der Waals surface area contributed by atoms with E-state index in [1.807, 2.05) is 37.9 Å². The molecular formula is C30H35N5O4. The molecule has 2 unspecified atom stereocenters. The van der Waals surface area contributed by atoms with Crippen molar-refractivity contribution in [3.63, 3.8) is 0 Å². The maximum Gasteiger partial charge on any atom is 0.337 e. The Morgan fingerprint density at radius 3 is 2.49 bits per heavy atom. The van der Waals surface area contributed by atoms with Crippen molar-refractivity contribution in [1.82, 2.24) is 14.5 Å². The molecule has 0 bridgehead atoms. The predicted molar refractivity (Wildman–Crippen MR) is 150 cm³/mol. The van der Waals surface area contributed by atoms with Gasteiger partial charge in [-0.2, -0.15) is 0 Å². The zero-order valence-corrected chi connectivity index (χ0v) is 22.8. The second-order valence-electron chi connectivity index (χ2n) is 11.5. The van der Waals surface area contributed by atoms with E-state index < -0.39 is 5.97 Å². The average molecular weight is 530 g/mol. The van der Waals surface area contributed by atoms with Gasteiger partial charge in [0.25, 0.3) is 5.56 Å². The molecule has 0 radical (unpaired) electrons. The van der Waals surface area contributed by atoms with Gasteiger partial charge >= 0.3 is 5.97 Å². The van der Waals surface area contributed by atoms with Gasteiger partial charge in [0.15, 0.2) is 0 Å². The molecule has 3 aliphatic rings. The maximum atomic E-state index is 13.5. The lowest BCUT2D eigenvalue weighted by atomic mass is 9.91. The number of aryl methyl sites for hydroxylation is 1. The van der Waals surface area contributed by atoms with Crippen LogP contribution in [0.3, 0.4) is 0 Å². The fourth-order valence-electron chi connectivity index (χ4n) is 6.51. The van der Waals surface area contributed by atoms with Crippen molar-refractivity contribution < 1.29 is 14.7 Å². The Hall–Kier alpha value is -3.88. The number of amides is 1. The third-order valence-corrected chi connectivity index (χ3v) is 9.06. The van der Waals surface area contributed by atoms with E-state index in [4.69, 9.17) is 4.98 Å². The van der Waals surface area contributed by atoms with Crippen molar-refractivity contribution in [2.45, 2.75) is 45.2 Å². The second-order valence-corrected chi connectivity index (χ2v) is 11.5. The lowest BCUT2D eigenvalue weighted by Gasteiger charge is -2.35. The quantitative estimate of drug-likeness (QED) is 0.479. The minimum atomic E-state index is -1.00. The van der Waals surface area contributed by atoms with Crippen molar-refractivity contribution in [3.05, 3.63) is 63.4 Å².